The maximum Gasteiger partial charge on any atom is 0.238 e. The minimum Gasteiger partial charge on any atom is -0.497 e. The molecule has 1 fully saturated rings. The van der Waals surface area contributed by atoms with Gasteiger partial charge < -0.3 is 20.1 Å². The number of anilines is 1. The number of amides is 1. The molecule has 1 aromatic rings. The fourth-order valence-electron chi connectivity index (χ4n) is 2.06. The zero-order valence-corrected chi connectivity index (χ0v) is 11.1. The maximum atomic E-state index is 11.7. The molecular formula is C14H20N2O3. The standard InChI is InChI=1S/C14H20N2O3/c1-18-12-5-2-4-11(8-12)16-14(17)10-15-9-13-6-3-7-19-13/h2,4-5,8,13,15H,3,6-7,9-10H2,1H3,(H,16,17)/t13-/m0/s1. The summed E-state index contributed by atoms with van der Waals surface area (Å²) in [7, 11) is 1.60. The van der Waals surface area contributed by atoms with E-state index in [1.54, 1.807) is 13.2 Å². The third kappa shape index (κ3) is 4.54. The third-order valence-electron chi connectivity index (χ3n) is 3.04. The minimum atomic E-state index is -0.0637. The summed E-state index contributed by atoms with van der Waals surface area (Å²) in [4.78, 5) is 11.7. The van der Waals surface area contributed by atoms with Crippen LogP contribution in [0.3, 0.4) is 0 Å². The molecule has 104 valence electrons. The maximum absolute atomic E-state index is 11.7. The molecule has 0 saturated carbocycles. The van der Waals surface area contributed by atoms with E-state index in [2.05, 4.69) is 10.6 Å². The lowest BCUT2D eigenvalue weighted by atomic mass is 10.2. The quantitative estimate of drug-likeness (QED) is 0.815. The normalized spacial score (nSPS) is 18.3. The van der Waals surface area contributed by atoms with Crippen molar-refractivity contribution in [2.75, 3.05) is 32.1 Å². The number of hydrogen-bond donors (Lipinski definition) is 2. The van der Waals surface area contributed by atoms with E-state index in [1.807, 2.05) is 18.2 Å². The van der Waals surface area contributed by atoms with E-state index in [1.165, 1.54) is 0 Å². The number of methoxy groups -OCH3 is 1. The van der Waals surface area contributed by atoms with Gasteiger partial charge in [0.25, 0.3) is 0 Å². The van der Waals surface area contributed by atoms with Crippen LogP contribution in [0.1, 0.15) is 12.8 Å². The smallest absolute Gasteiger partial charge is 0.238 e. The van der Waals surface area contributed by atoms with Gasteiger partial charge in [0.05, 0.1) is 19.8 Å². The predicted octanol–water partition coefficient (Wildman–Crippen LogP) is 1.40. The molecule has 0 bridgehead atoms. The van der Waals surface area contributed by atoms with E-state index in [0.29, 0.717) is 0 Å². The highest BCUT2D eigenvalue weighted by Crippen LogP contribution is 2.16. The number of hydrogen-bond acceptors (Lipinski definition) is 4. The number of carbonyl (C=O) groups excluding carboxylic acids is 1. The zero-order valence-electron chi connectivity index (χ0n) is 11.1. The van der Waals surface area contributed by atoms with Crippen molar-refractivity contribution < 1.29 is 14.3 Å². The van der Waals surface area contributed by atoms with Gasteiger partial charge in [0.15, 0.2) is 0 Å². The van der Waals surface area contributed by atoms with Crippen LogP contribution in [0.5, 0.6) is 5.75 Å². The van der Waals surface area contributed by atoms with Gasteiger partial charge in [-0.3, -0.25) is 4.79 Å². The predicted molar refractivity (Wildman–Crippen MR) is 73.5 cm³/mol. The lowest BCUT2D eigenvalue weighted by Gasteiger charge is -2.11. The van der Waals surface area contributed by atoms with Crippen LogP contribution in [-0.2, 0) is 9.53 Å². The van der Waals surface area contributed by atoms with E-state index >= 15 is 0 Å². The summed E-state index contributed by atoms with van der Waals surface area (Å²) in [6.07, 6.45) is 2.44. The molecule has 2 N–H and O–H groups in total. The first-order valence-electron chi connectivity index (χ1n) is 6.54. The average Bonchev–Trinajstić information content (AvgIpc) is 2.92. The van der Waals surface area contributed by atoms with Crippen LogP contribution in [0.4, 0.5) is 5.69 Å². The molecule has 0 unspecified atom stereocenters. The van der Waals surface area contributed by atoms with Crippen molar-refractivity contribution in [1.29, 1.82) is 0 Å². The molecule has 1 amide bonds. The minimum absolute atomic E-state index is 0.0637. The Morgan fingerprint density at radius 2 is 2.42 bits per heavy atom. The first-order chi connectivity index (χ1) is 9.28. The van der Waals surface area contributed by atoms with Gasteiger partial charge in [-0.25, -0.2) is 0 Å². The van der Waals surface area contributed by atoms with Gasteiger partial charge in [-0.05, 0) is 25.0 Å². The molecule has 1 heterocycles. The fourth-order valence-corrected chi connectivity index (χ4v) is 2.06. The number of ether oxygens (including phenoxy) is 2. The molecule has 5 nitrogen and oxygen atoms in total. The molecule has 19 heavy (non-hydrogen) atoms. The van der Waals surface area contributed by atoms with Crippen LogP contribution in [0.25, 0.3) is 0 Å². The SMILES string of the molecule is COc1cccc(NC(=O)CNC[C@@H]2CCCO2)c1. The third-order valence-corrected chi connectivity index (χ3v) is 3.04. The second kappa shape index (κ2) is 7.11. The molecule has 1 saturated heterocycles. The van der Waals surface area contributed by atoms with Crippen molar-refractivity contribution in [2.45, 2.75) is 18.9 Å². The Morgan fingerprint density at radius 1 is 1.53 bits per heavy atom. The van der Waals surface area contributed by atoms with Crippen molar-refractivity contribution in [3.63, 3.8) is 0 Å². The highest BCUT2D eigenvalue weighted by molar-refractivity contribution is 5.92. The summed E-state index contributed by atoms with van der Waals surface area (Å²) in [6.45, 7) is 1.85. The topological polar surface area (TPSA) is 59.6 Å². The molecule has 1 aliphatic rings. The molecule has 1 aliphatic heterocycles. The summed E-state index contributed by atoms with van der Waals surface area (Å²) in [5.74, 6) is 0.663. The van der Waals surface area contributed by atoms with E-state index in [4.69, 9.17) is 9.47 Å². The summed E-state index contributed by atoms with van der Waals surface area (Å²) in [6, 6.07) is 7.30. The van der Waals surface area contributed by atoms with Crippen molar-refractivity contribution in [3.05, 3.63) is 24.3 Å². The number of benzene rings is 1. The molecule has 5 heteroatoms. The van der Waals surface area contributed by atoms with Gasteiger partial charge in [-0.15, -0.1) is 0 Å². The van der Waals surface area contributed by atoms with Gasteiger partial charge >= 0.3 is 0 Å². The lowest BCUT2D eigenvalue weighted by molar-refractivity contribution is -0.115. The molecule has 1 aromatic carbocycles. The van der Waals surface area contributed by atoms with Crippen molar-refractivity contribution in [1.82, 2.24) is 5.32 Å². The summed E-state index contributed by atoms with van der Waals surface area (Å²) < 4.78 is 10.6. The zero-order chi connectivity index (χ0) is 13.5. The van der Waals surface area contributed by atoms with E-state index in [0.717, 1.165) is 37.4 Å². The van der Waals surface area contributed by atoms with Crippen LogP contribution in [-0.4, -0.2) is 38.8 Å². The summed E-state index contributed by atoms with van der Waals surface area (Å²) in [5, 5.41) is 5.93. The molecule has 0 spiro atoms. The van der Waals surface area contributed by atoms with E-state index < -0.39 is 0 Å². The van der Waals surface area contributed by atoms with Crippen LogP contribution in [0.2, 0.25) is 0 Å². The first-order valence-corrected chi connectivity index (χ1v) is 6.54. The molecular weight excluding hydrogens is 244 g/mol. The van der Waals surface area contributed by atoms with Crippen molar-refractivity contribution >= 4 is 11.6 Å². The monoisotopic (exact) mass is 264 g/mol. The largest absolute Gasteiger partial charge is 0.497 e. The fraction of sp³-hybridized carbons (Fsp3) is 0.500. The summed E-state index contributed by atoms with van der Waals surface area (Å²) in [5.41, 5.74) is 0.739. The Bertz CT molecular complexity index is 417. The Hall–Kier alpha value is -1.59. The van der Waals surface area contributed by atoms with Crippen LogP contribution in [0.15, 0.2) is 24.3 Å². The highest BCUT2D eigenvalue weighted by atomic mass is 16.5. The van der Waals surface area contributed by atoms with Crippen LogP contribution >= 0.6 is 0 Å². The average molecular weight is 264 g/mol. The Balaban J connectivity index is 1.70. The molecule has 1 atom stereocenters. The number of nitrogens with one attached hydrogen (secondary N) is 2. The molecule has 2 rings (SSSR count). The molecule has 0 radical (unpaired) electrons. The van der Waals surface area contributed by atoms with Gasteiger partial charge in [0.1, 0.15) is 5.75 Å². The van der Waals surface area contributed by atoms with Crippen LogP contribution in [0, 0.1) is 0 Å². The number of rotatable bonds is 6. The second-order valence-corrected chi connectivity index (χ2v) is 4.55. The van der Waals surface area contributed by atoms with Gasteiger partial charge in [0, 0.05) is 24.9 Å². The van der Waals surface area contributed by atoms with Crippen molar-refractivity contribution in [3.8, 4) is 5.75 Å². The van der Waals surface area contributed by atoms with E-state index in [9.17, 15) is 4.79 Å². The Kier molecular flexibility index (Phi) is 5.18. The highest BCUT2D eigenvalue weighted by Gasteiger charge is 2.15. The number of carbonyl (C=O) groups is 1. The first kappa shape index (κ1) is 13.8. The Labute approximate surface area is 113 Å². The van der Waals surface area contributed by atoms with Crippen LogP contribution < -0.4 is 15.4 Å². The van der Waals surface area contributed by atoms with Gasteiger partial charge in [-0.1, -0.05) is 6.07 Å². The summed E-state index contributed by atoms with van der Waals surface area (Å²) >= 11 is 0. The lowest BCUT2D eigenvalue weighted by Crippen LogP contribution is -2.33. The molecule has 0 aromatic heterocycles. The van der Waals surface area contributed by atoms with Crippen molar-refractivity contribution in [2.24, 2.45) is 0 Å². The van der Waals surface area contributed by atoms with Gasteiger partial charge in [0.2, 0.25) is 5.91 Å². The second-order valence-electron chi connectivity index (χ2n) is 4.55. The van der Waals surface area contributed by atoms with E-state index in [-0.39, 0.29) is 18.6 Å². The Morgan fingerprint density at radius 3 is 3.16 bits per heavy atom. The van der Waals surface area contributed by atoms with Gasteiger partial charge in [-0.2, -0.15) is 0 Å². The molecule has 0 aliphatic carbocycles.